The lowest BCUT2D eigenvalue weighted by Gasteiger charge is -2.23. The summed E-state index contributed by atoms with van der Waals surface area (Å²) in [5.74, 6) is 0. The zero-order valence-electron chi connectivity index (χ0n) is 14.7. The van der Waals surface area contributed by atoms with Crippen LogP contribution in [0.5, 0.6) is 0 Å². The Labute approximate surface area is 143 Å². The lowest BCUT2D eigenvalue weighted by Crippen LogP contribution is -2.36. The standard InChI is InChI=1S/C20H25NO3/c1-14-6-5-7-17(12-14)15-8-10-16(11-9-15)18(13-22)21-19(23)24-20(2,3)4/h5-12,18,22H,13H2,1-4H3,(H,21,23)/t18-/m0/s1. The van der Waals surface area contributed by atoms with Crippen molar-refractivity contribution >= 4 is 6.09 Å². The smallest absolute Gasteiger partial charge is 0.408 e. The first kappa shape index (κ1) is 18.0. The van der Waals surface area contributed by atoms with Gasteiger partial charge in [-0.05, 0) is 44.4 Å². The van der Waals surface area contributed by atoms with E-state index < -0.39 is 17.7 Å². The fourth-order valence-electron chi connectivity index (χ4n) is 2.42. The summed E-state index contributed by atoms with van der Waals surface area (Å²) in [4.78, 5) is 11.9. The predicted molar refractivity (Wildman–Crippen MR) is 95.8 cm³/mol. The molecule has 0 saturated heterocycles. The highest BCUT2D eigenvalue weighted by Gasteiger charge is 2.20. The molecular formula is C20H25NO3. The Balaban J connectivity index is 2.11. The Morgan fingerprint density at radius 2 is 1.79 bits per heavy atom. The Morgan fingerprint density at radius 3 is 2.33 bits per heavy atom. The minimum absolute atomic E-state index is 0.191. The van der Waals surface area contributed by atoms with Gasteiger partial charge in [-0.2, -0.15) is 0 Å². The molecule has 4 nitrogen and oxygen atoms in total. The van der Waals surface area contributed by atoms with Crippen LogP contribution in [-0.2, 0) is 4.74 Å². The van der Waals surface area contributed by atoms with Crippen molar-refractivity contribution in [2.45, 2.75) is 39.3 Å². The van der Waals surface area contributed by atoms with Gasteiger partial charge in [0.05, 0.1) is 12.6 Å². The number of ether oxygens (including phenoxy) is 1. The summed E-state index contributed by atoms with van der Waals surface area (Å²) in [7, 11) is 0. The fourth-order valence-corrected chi connectivity index (χ4v) is 2.42. The topological polar surface area (TPSA) is 58.6 Å². The van der Waals surface area contributed by atoms with Crippen molar-refractivity contribution in [3.63, 3.8) is 0 Å². The monoisotopic (exact) mass is 327 g/mol. The van der Waals surface area contributed by atoms with Gasteiger partial charge in [0.1, 0.15) is 5.60 Å². The van der Waals surface area contributed by atoms with Crippen molar-refractivity contribution in [3.8, 4) is 11.1 Å². The van der Waals surface area contributed by atoms with Gasteiger partial charge in [0, 0.05) is 0 Å². The van der Waals surface area contributed by atoms with E-state index >= 15 is 0 Å². The SMILES string of the molecule is Cc1cccc(-c2ccc([C@H](CO)NC(=O)OC(C)(C)C)cc2)c1. The highest BCUT2D eigenvalue weighted by Crippen LogP contribution is 2.23. The molecule has 1 amide bonds. The average molecular weight is 327 g/mol. The van der Waals surface area contributed by atoms with Crippen molar-refractivity contribution in [1.29, 1.82) is 0 Å². The number of benzene rings is 2. The molecule has 1 atom stereocenters. The number of nitrogens with one attached hydrogen (secondary N) is 1. The molecule has 0 heterocycles. The molecule has 0 aliphatic carbocycles. The Hall–Kier alpha value is -2.33. The molecule has 2 aromatic rings. The first-order valence-electron chi connectivity index (χ1n) is 8.06. The zero-order valence-corrected chi connectivity index (χ0v) is 14.7. The summed E-state index contributed by atoms with van der Waals surface area (Å²) in [6, 6.07) is 15.6. The Bertz CT molecular complexity index is 687. The van der Waals surface area contributed by atoms with Crippen LogP contribution < -0.4 is 5.32 Å². The number of carbonyl (C=O) groups is 1. The molecule has 128 valence electrons. The van der Waals surface area contributed by atoms with Crippen molar-refractivity contribution in [3.05, 3.63) is 59.7 Å². The maximum Gasteiger partial charge on any atom is 0.408 e. The molecular weight excluding hydrogens is 302 g/mol. The molecule has 0 aliphatic heterocycles. The van der Waals surface area contributed by atoms with Crippen LogP contribution in [0.1, 0.15) is 37.9 Å². The van der Waals surface area contributed by atoms with E-state index in [0.717, 1.165) is 16.7 Å². The third-order valence-corrected chi connectivity index (χ3v) is 3.54. The maximum absolute atomic E-state index is 11.9. The van der Waals surface area contributed by atoms with Crippen LogP contribution in [0.2, 0.25) is 0 Å². The average Bonchev–Trinajstić information content (AvgIpc) is 2.51. The molecule has 0 aromatic heterocycles. The number of alkyl carbamates (subject to hydrolysis) is 1. The van der Waals surface area contributed by atoms with Crippen LogP contribution in [0, 0.1) is 6.92 Å². The van der Waals surface area contributed by atoms with Gasteiger partial charge in [0.15, 0.2) is 0 Å². The minimum atomic E-state index is -0.570. The second kappa shape index (κ2) is 7.49. The molecule has 24 heavy (non-hydrogen) atoms. The molecule has 0 unspecified atom stereocenters. The van der Waals surface area contributed by atoms with Gasteiger partial charge in [0.2, 0.25) is 0 Å². The van der Waals surface area contributed by atoms with Crippen LogP contribution >= 0.6 is 0 Å². The van der Waals surface area contributed by atoms with Crippen molar-refractivity contribution in [2.75, 3.05) is 6.61 Å². The van der Waals surface area contributed by atoms with Gasteiger partial charge in [-0.3, -0.25) is 0 Å². The highest BCUT2D eigenvalue weighted by molar-refractivity contribution is 5.69. The van der Waals surface area contributed by atoms with Gasteiger partial charge < -0.3 is 15.2 Å². The molecule has 2 rings (SSSR count). The van der Waals surface area contributed by atoms with E-state index in [-0.39, 0.29) is 6.61 Å². The third kappa shape index (κ3) is 5.10. The maximum atomic E-state index is 11.9. The number of rotatable bonds is 4. The summed E-state index contributed by atoms with van der Waals surface area (Å²) < 4.78 is 5.24. The molecule has 0 aliphatic rings. The molecule has 2 aromatic carbocycles. The van der Waals surface area contributed by atoms with E-state index in [1.54, 1.807) is 20.8 Å². The molecule has 2 N–H and O–H groups in total. The quantitative estimate of drug-likeness (QED) is 0.884. The van der Waals surface area contributed by atoms with Crippen molar-refractivity contribution < 1.29 is 14.6 Å². The molecule has 0 saturated carbocycles. The van der Waals surface area contributed by atoms with Crippen molar-refractivity contribution in [2.24, 2.45) is 0 Å². The molecule has 0 fully saturated rings. The Kier molecular flexibility index (Phi) is 5.62. The lowest BCUT2D eigenvalue weighted by atomic mass is 10.00. The minimum Gasteiger partial charge on any atom is -0.444 e. The van der Waals surface area contributed by atoms with Crippen LogP contribution in [0.15, 0.2) is 48.5 Å². The number of hydrogen-bond donors (Lipinski definition) is 2. The van der Waals surface area contributed by atoms with E-state index in [9.17, 15) is 9.90 Å². The first-order chi connectivity index (χ1) is 11.3. The predicted octanol–water partition coefficient (Wildman–Crippen LogP) is 4.22. The molecule has 0 radical (unpaired) electrons. The van der Waals surface area contributed by atoms with Gasteiger partial charge in [-0.15, -0.1) is 0 Å². The van der Waals surface area contributed by atoms with Gasteiger partial charge >= 0.3 is 6.09 Å². The summed E-state index contributed by atoms with van der Waals surface area (Å²) in [5, 5.41) is 12.3. The lowest BCUT2D eigenvalue weighted by molar-refractivity contribution is 0.0482. The molecule has 0 spiro atoms. The zero-order chi connectivity index (χ0) is 17.7. The van der Waals surface area contributed by atoms with E-state index in [2.05, 4.69) is 30.4 Å². The number of aliphatic hydroxyl groups is 1. The summed E-state index contributed by atoms with van der Waals surface area (Å²) in [6.45, 7) is 7.28. The normalized spacial score (nSPS) is 12.5. The summed E-state index contributed by atoms with van der Waals surface area (Å²) in [5.41, 5.74) is 3.70. The Morgan fingerprint density at radius 1 is 1.12 bits per heavy atom. The number of aliphatic hydroxyl groups excluding tert-OH is 1. The van der Waals surface area contributed by atoms with Crippen LogP contribution in [0.4, 0.5) is 4.79 Å². The van der Waals surface area contributed by atoms with Gasteiger partial charge in [0.25, 0.3) is 0 Å². The first-order valence-corrected chi connectivity index (χ1v) is 8.06. The van der Waals surface area contributed by atoms with Crippen molar-refractivity contribution in [1.82, 2.24) is 5.32 Å². The number of aryl methyl sites for hydroxylation is 1. The van der Waals surface area contributed by atoms with E-state index in [1.165, 1.54) is 5.56 Å². The van der Waals surface area contributed by atoms with Crippen LogP contribution in [0.25, 0.3) is 11.1 Å². The second-order valence-corrected chi connectivity index (χ2v) is 6.87. The van der Waals surface area contributed by atoms with E-state index in [1.807, 2.05) is 30.3 Å². The van der Waals surface area contributed by atoms with Crippen LogP contribution in [0.3, 0.4) is 0 Å². The second-order valence-electron chi connectivity index (χ2n) is 6.87. The fraction of sp³-hybridized carbons (Fsp3) is 0.350. The number of hydrogen-bond acceptors (Lipinski definition) is 3. The van der Waals surface area contributed by atoms with Gasteiger partial charge in [-0.25, -0.2) is 4.79 Å². The third-order valence-electron chi connectivity index (χ3n) is 3.54. The van der Waals surface area contributed by atoms with Gasteiger partial charge in [-0.1, -0.05) is 54.1 Å². The number of carbonyl (C=O) groups excluding carboxylic acids is 1. The van der Waals surface area contributed by atoms with Crippen LogP contribution in [-0.4, -0.2) is 23.4 Å². The summed E-state index contributed by atoms with van der Waals surface area (Å²) >= 11 is 0. The van der Waals surface area contributed by atoms with E-state index in [0.29, 0.717) is 0 Å². The van der Waals surface area contributed by atoms with E-state index in [4.69, 9.17) is 4.74 Å². The number of amides is 1. The molecule has 0 bridgehead atoms. The molecule has 4 heteroatoms. The largest absolute Gasteiger partial charge is 0.444 e. The summed E-state index contributed by atoms with van der Waals surface area (Å²) in [6.07, 6.45) is -0.538. The highest BCUT2D eigenvalue weighted by atomic mass is 16.6.